The van der Waals surface area contributed by atoms with Gasteiger partial charge in [-0.2, -0.15) is 0 Å². The molecule has 116 valence electrons. The molecule has 0 bridgehead atoms. The molecule has 0 aliphatic rings. The Hall–Kier alpha value is -1.63. The van der Waals surface area contributed by atoms with Gasteiger partial charge in [0.25, 0.3) is 0 Å². The zero-order valence-electron chi connectivity index (χ0n) is 12.1. The predicted molar refractivity (Wildman–Crippen MR) is 78.9 cm³/mol. The van der Waals surface area contributed by atoms with E-state index in [-0.39, 0.29) is 6.42 Å². The van der Waals surface area contributed by atoms with Gasteiger partial charge in [-0.25, -0.2) is 4.79 Å². The summed E-state index contributed by atoms with van der Waals surface area (Å²) in [7, 11) is 1.20. The summed E-state index contributed by atoms with van der Waals surface area (Å²) < 4.78 is 5.08. The second kappa shape index (κ2) is 6.43. The molecule has 0 saturated carbocycles. The van der Waals surface area contributed by atoms with E-state index >= 15 is 0 Å². The lowest BCUT2D eigenvalue weighted by Crippen LogP contribution is -2.63. The van der Waals surface area contributed by atoms with Gasteiger partial charge >= 0.3 is 5.97 Å². The molecule has 0 saturated heterocycles. The molecule has 0 unspecified atom stereocenters. The van der Waals surface area contributed by atoms with E-state index in [1.54, 1.807) is 24.3 Å². The van der Waals surface area contributed by atoms with E-state index < -0.39 is 23.1 Å². The first-order valence-corrected chi connectivity index (χ1v) is 6.63. The maximum absolute atomic E-state index is 12.0. The molecule has 0 fully saturated rings. The standard InChI is InChI=1S/C14H19ClN2O4/c1-13(2,16)11(18)17-14(21-3,12(19)20)8-9-6-4-5-7-10(9)15/h4-7H,8,16H2,1-3H3,(H,17,18)(H,19,20)/t14-/m1/s1. The van der Waals surface area contributed by atoms with Crippen LogP contribution in [0.2, 0.25) is 5.02 Å². The molecule has 21 heavy (non-hydrogen) atoms. The Bertz CT molecular complexity index is 542. The molecule has 0 aromatic heterocycles. The van der Waals surface area contributed by atoms with Gasteiger partial charge in [0.1, 0.15) is 0 Å². The van der Waals surface area contributed by atoms with Gasteiger partial charge in [0, 0.05) is 18.6 Å². The Morgan fingerprint density at radius 2 is 1.95 bits per heavy atom. The summed E-state index contributed by atoms with van der Waals surface area (Å²) in [6.07, 6.45) is -0.125. The number of carboxylic acids is 1. The molecule has 0 spiro atoms. The summed E-state index contributed by atoms with van der Waals surface area (Å²) in [5, 5.41) is 12.2. The van der Waals surface area contributed by atoms with Gasteiger partial charge in [-0.15, -0.1) is 0 Å². The highest BCUT2D eigenvalue weighted by atomic mass is 35.5. The van der Waals surface area contributed by atoms with Gasteiger partial charge < -0.3 is 20.9 Å². The van der Waals surface area contributed by atoms with Crippen LogP contribution in [0.15, 0.2) is 24.3 Å². The molecule has 0 radical (unpaired) electrons. The lowest BCUT2D eigenvalue weighted by atomic mass is 9.99. The minimum absolute atomic E-state index is 0.125. The van der Waals surface area contributed by atoms with Crippen LogP contribution in [0.1, 0.15) is 19.4 Å². The van der Waals surface area contributed by atoms with Crippen LogP contribution in [0.4, 0.5) is 0 Å². The number of carboxylic acid groups (broad SMARTS) is 1. The van der Waals surface area contributed by atoms with Crippen LogP contribution in [0.25, 0.3) is 0 Å². The molecule has 1 amide bonds. The number of nitrogens with two attached hydrogens (primary N) is 1. The van der Waals surface area contributed by atoms with Gasteiger partial charge in [-0.1, -0.05) is 29.8 Å². The molecule has 6 nitrogen and oxygen atoms in total. The number of carbonyl (C=O) groups is 2. The van der Waals surface area contributed by atoms with E-state index in [9.17, 15) is 14.7 Å². The smallest absolute Gasteiger partial charge is 0.357 e. The molecule has 1 aromatic rings. The van der Waals surface area contributed by atoms with Crippen LogP contribution in [0.3, 0.4) is 0 Å². The number of hydrogen-bond acceptors (Lipinski definition) is 4. The molecule has 1 rings (SSSR count). The van der Waals surface area contributed by atoms with Gasteiger partial charge in [-0.3, -0.25) is 4.79 Å². The number of rotatable bonds is 6. The highest BCUT2D eigenvalue weighted by Crippen LogP contribution is 2.22. The lowest BCUT2D eigenvalue weighted by Gasteiger charge is -2.32. The average Bonchev–Trinajstić information content (AvgIpc) is 2.38. The molecule has 4 N–H and O–H groups in total. The fraction of sp³-hybridized carbons (Fsp3) is 0.429. The summed E-state index contributed by atoms with van der Waals surface area (Å²) in [5.41, 5.74) is 3.05. The van der Waals surface area contributed by atoms with Crippen molar-refractivity contribution >= 4 is 23.5 Å². The second-order valence-corrected chi connectivity index (χ2v) is 5.69. The first-order valence-electron chi connectivity index (χ1n) is 6.26. The highest BCUT2D eigenvalue weighted by molar-refractivity contribution is 6.31. The molecule has 0 aliphatic heterocycles. The number of hydrogen-bond donors (Lipinski definition) is 3. The van der Waals surface area contributed by atoms with Crippen molar-refractivity contribution in [2.45, 2.75) is 31.5 Å². The Kier molecular flexibility index (Phi) is 5.33. The fourth-order valence-electron chi connectivity index (χ4n) is 1.64. The number of halogens is 1. The average molecular weight is 315 g/mol. The van der Waals surface area contributed by atoms with E-state index in [1.807, 2.05) is 0 Å². The van der Waals surface area contributed by atoms with Crippen LogP contribution in [0.5, 0.6) is 0 Å². The summed E-state index contributed by atoms with van der Waals surface area (Å²) in [6.45, 7) is 2.94. The van der Waals surface area contributed by atoms with Crippen molar-refractivity contribution in [2.24, 2.45) is 5.73 Å². The number of ether oxygens (including phenoxy) is 1. The number of aliphatic carboxylic acids is 1. The van der Waals surface area contributed by atoms with E-state index in [2.05, 4.69) is 5.32 Å². The minimum Gasteiger partial charge on any atom is -0.478 e. The quantitative estimate of drug-likeness (QED) is 0.684. The Balaban J connectivity index is 3.13. The van der Waals surface area contributed by atoms with Crippen molar-refractivity contribution in [3.05, 3.63) is 34.9 Å². The van der Waals surface area contributed by atoms with Gasteiger partial charge in [0.05, 0.1) is 5.54 Å². The fourth-order valence-corrected chi connectivity index (χ4v) is 1.84. The summed E-state index contributed by atoms with van der Waals surface area (Å²) in [4.78, 5) is 23.6. The molecule has 0 heterocycles. The highest BCUT2D eigenvalue weighted by Gasteiger charge is 2.43. The Labute approximate surface area is 128 Å². The molecule has 1 aromatic carbocycles. The zero-order valence-corrected chi connectivity index (χ0v) is 12.9. The third-order valence-corrected chi connectivity index (χ3v) is 3.36. The number of amides is 1. The van der Waals surface area contributed by atoms with Crippen LogP contribution >= 0.6 is 11.6 Å². The van der Waals surface area contributed by atoms with E-state index in [0.29, 0.717) is 10.6 Å². The van der Waals surface area contributed by atoms with Crippen LogP contribution in [0, 0.1) is 0 Å². The zero-order chi connectivity index (χ0) is 16.3. The summed E-state index contributed by atoms with van der Waals surface area (Å²) in [5.74, 6) is -1.97. The van der Waals surface area contributed by atoms with Crippen molar-refractivity contribution in [1.82, 2.24) is 5.32 Å². The third kappa shape index (κ3) is 4.17. The normalized spacial score (nSPS) is 14.3. The molecule has 1 atom stereocenters. The van der Waals surface area contributed by atoms with Gasteiger partial charge in [-0.05, 0) is 25.5 Å². The molecule has 0 aliphatic carbocycles. The first-order chi connectivity index (χ1) is 9.62. The van der Waals surface area contributed by atoms with E-state index in [0.717, 1.165) is 0 Å². The molecular weight excluding hydrogens is 296 g/mol. The SMILES string of the molecule is CO[C@@](Cc1ccccc1Cl)(NC(=O)C(C)(C)N)C(=O)O. The second-order valence-electron chi connectivity index (χ2n) is 5.28. The van der Waals surface area contributed by atoms with Crippen molar-refractivity contribution in [3.8, 4) is 0 Å². The van der Waals surface area contributed by atoms with Crippen molar-refractivity contribution < 1.29 is 19.4 Å². The number of carbonyl (C=O) groups excluding carboxylic acids is 1. The lowest BCUT2D eigenvalue weighted by molar-refractivity contribution is -0.170. The largest absolute Gasteiger partial charge is 0.478 e. The summed E-state index contributed by atoms with van der Waals surface area (Å²) >= 11 is 6.03. The molecule has 7 heteroatoms. The third-order valence-electron chi connectivity index (χ3n) is 2.99. The van der Waals surface area contributed by atoms with Gasteiger partial charge in [0.2, 0.25) is 11.6 Å². The van der Waals surface area contributed by atoms with Crippen LogP contribution in [-0.2, 0) is 20.7 Å². The number of nitrogens with one attached hydrogen (secondary N) is 1. The minimum atomic E-state index is -1.93. The van der Waals surface area contributed by atoms with E-state index in [1.165, 1.54) is 21.0 Å². The first kappa shape index (κ1) is 17.4. The van der Waals surface area contributed by atoms with Crippen molar-refractivity contribution in [2.75, 3.05) is 7.11 Å². The maximum Gasteiger partial charge on any atom is 0.357 e. The number of methoxy groups -OCH3 is 1. The molecular formula is C14H19ClN2O4. The Morgan fingerprint density at radius 3 is 2.38 bits per heavy atom. The predicted octanol–water partition coefficient (Wildman–Crippen LogP) is 1.16. The van der Waals surface area contributed by atoms with Gasteiger partial charge in [0.15, 0.2) is 0 Å². The van der Waals surface area contributed by atoms with E-state index in [4.69, 9.17) is 22.1 Å². The monoisotopic (exact) mass is 314 g/mol. The van der Waals surface area contributed by atoms with Crippen LogP contribution in [-0.4, -0.2) is 35.4 Å². The maximum atomic E-state index is 12.0. The Morgan fingerprint density at radius 1 is 1.38 bits per heavy atom. The van der Waals surface area contributed by atoms with Crippen molar-refractivity contribution in [3.63, 3.8) is 0 Å². The number of benzene rings is 1. The topological polar surface area (TPSA) is 102 Å². The van der Waals surface area contributed by atoms with Crippen LogP contribution < -0.4 is 11.1 Å². The summed E-state index contributed by atoms with van der Waals surface area (Å²) in [6, 6.07) is 6.74. The van der Waals surface area contributed by atoms with Crippen molar-refractivity contribution in [1.29, 1.82) is 0 Å².